The largest absolute Gasteiger partial charge is 0.494 e. The summed E-state index contributed by atoms with van der Waals surface area (Å²) in [5.74, 6) is 0.872. The van der Waals surface area contributed by atoms with Crippen molar-refractivity contribution >= 4 is 28.8 Å². The molecule has 4 rings (SSSR count). The number of hydrogen-bond acceptors (Lipinski definition) is 5. The van der Waals surface area contributed by atoms with Crippen LogP contribution in [0.1, 0.15) is 23.0 Å². The van der Waals surface area contributed by atoms with E-state index in [-0.39, 0.29) is 5.91 Å². The third-order valence-corrected chi connectivity index (χ3v) is 6.29. The molecule has 5 nitrogen and oxygen atoms in total. The van der Waals surface area contributed by atoms with Crippen LogP contribution in [0.15, 0.2) is 53.9 Å². The third kappa shape index (κ3) is 5.01. The van der Waals surface area contributed by atoms with E-state index in [0.717, 1.165) is 59.8 Å². The average Bonchev–Trinajstić information content (AvgIpc) is 3.23. The van der Waals surface area contributed by atoms with Crippen molar-refractivity contribution in [1.82, 2.24) is 14.8 Å². The summed E-state index contributed by atoms with van der Waals surface area (Å²) in [7, 11) is 0. The molecule has 3 aromatic rings. The van der Waals surface area contributed by atoms with Gasteiger partial charge in [0, 0.05) is 54.3 Å². The number of piperazine rings is 1. The highest BCUT2D eigenvalue weighted by molar-refractivity contribution is 7.13. The Labute approximate surface area is 185 Å². The minimum absolute atomic E-state index is 0.0800. The summed E-state index contributed by atoms with van der Waals surface area (Å²) >= 11 is 7.62. The lowest BCUT2D eigenvalue weighted by molar-refractivity contribution is 0.0627. The Hall–Kier alpha value is -2.41. The van der Waals surface area contributed by atoms with E-state index in [1.165, 1.54) is 0 Å². The van der Waals surface area contributed by atoms with Crippen LogP contribution in [0, 0.1) is 0 Å². The second kappa shape index (κ2) is 9.60. The molecule has 0 atom stereocenters. The Kier molecular flexibility index (Phi) is 6.67. The number of ether oxygens (including phenoxy) is 1. The molecule has 1 aliphatic rings. The Balaban J connectivity index is 1.30. The first-order valence-corrected chi connectivity index (χ1v) is 11.3. The van der Waals surface area contributed by atoms with Crippen LogP contribution >= 0.6 is 22.9 Å². The summed E-state index contributed by atoms with van der Waals surface area (Å²) < 4.78 is 5.45. The number of aromatic nitrogens is 1. The topological polar surface area (TPSA) is 45.7 Å². The smallest absolute Gasteiger partial charge is 0.253 e. The normalized spacial score (nSPS) is 14.7. The maximum Gasteiger partial charge on any atom is 0.253 e. The van der Waals surface area contributed by atoms with Gasteiger partial charge >= 0.3 is 0 Å². The third-order valence-electron chi connectivity index (χ3n) is 5.10. The summed E-state index contributed by atoms with van der Waals surface area (Å²) in [5.41, 5.74) is 2.86. The highest BCUT2D eigenvalue weighted by atomic mass is 35.5. The maximum atomic E-state index is 12.8. The first-order valence-electron chi connectivity index (χ1n) is 10.1. The van der Waals surface area contributed by atoms with Crippen LogP contribution in [0.4, 0.5) is 0 Å². The van der Waals surface area contributed by atoms with Crippen LogP contribution in [0.3, 0.4) is 0 Å². The molecule has 7 heteroatoms. The number of rotatable bonds is 6. The molecule has 2 aromatic carbocycles. The van der Waals surface area contributed by atoms with Crippen molar-refractivity contribution < 1.29 is 9.53 Å². The number of thiazole rings is 1. The molecule has 2 heterocycles. The van der Waals surface area contributed by atoms with Crippen LogP contribution in [-0.2, 0) is 6.54 Å². The molecule has 0 spiro atoms. The Bertz CT molecular complexity index is 980. The van der Waals surface area contributed by atoms with E-state index in [0.29, 0.717) is 12.2 Å². The zero-order chi connectivity index (χ0) is 20.9. The zero-order valence-corrected chi connectivity index (χ0v) is 18.5. The molecule has 1 saturated heterocycles. The van der Waals surface area contributed by atoms with Crippen LogP contribution in [0.2, 0.25) is 5.02 Å². The number of hydrogen-bond donors (Lipinski definition) is 0. The van der Waals surface area contributed by atoms with Crippen molar-refractivity contribution in [2.45, 2.75) is 13.5 Å². The Morgan fingerprint density at radius 3 is 2.43 bits per heavy atom. The molecule has 0 aliphatic carbocycles. The molecule has 0 unspecified atom stereocenters. The summed E-state index contributed by atoms with van der Waals surface area (Å²) in [6.07, 6.45) is 0. The minimum atomic E-state index is 0.0800. The van der Waals surface area contributed by atoms with Gasteiger partial charge in [0.25, 0.3) is 5.91 Å². The van der Waals surface area contributed by atoms with E-state index in [1.807, 2.05) is 60.4 Å². The van der Waals surface area contributed by atoms with Crippen molar-refractivity contribution in [1.29, 1.82) is 0 Å². The van der Waals surface area contributed by atoms with Crippen molar-refractivity contribution in [3.05, 3.63) is 70.2 Å². The van der Waals surface area contributed by atoms with Gasteiger partial charge in [-0.2, -0.15) is 0 Å². The van der Waals surface area contributed by atoms with E-state index in [4.69, 9.17) is 21.3 Å². The van der Waals surface area contributed by atoms with Gasteiger partial charge in [-0.05, 0) is 43.3 Å². The lowest BCUT2D eigenvalue weighted by atomic mass is 10.1. The van der Waals surface area contributed by atoms with Gasteiger partial charge in [0.2, 0.25) is 0 Å². The maximum absolute atomic E-state index is 12.8. The molecule has 1 fully saturated rings. The van der Waals surface area contributed by atoms with Gasteiger partial charge in [-0.3, -0.25) is 9.69 Å². The van der Waals surface area contributed by atoms with Gasteiger partial charge < -0.3 is 9.64 Å². The molecular weight excluding hydrogens is 418 g/mol. The zero-order valence-electron chi connectivity index (χ0n) is 16.9. The molecule has 0 N–H and O–H groups in total. The van der Waals surface area contributed by atoms with Gasteiger partial charge in [-0.25, -0.2) is 4.98 Å². The van der Waals surface area contributed by atoms with Crippen molar-refractivity contribution in [3.8, 4) is 16.3 Å². The lowest BCUT2D eigenvalue weighted by Crippen LogP contribution is -2.48. The summed E-state index contributed by atoms with van der Waals surface area (Å²) in [4.78, 5) is 21.8. The van der Waals surface area contributed by atoms with Gasteiger partial charge in [0.15, 0.2) is 0 Å². The van der Waals surface area contributed by atoms with Crippen LogP contribution in [-0.4, -0.2) is 53.5 Å². The Morgan fingerprint density at radius 2 is 1.77 bits per heavy atom. The van der Waals surface area contributed by atoms with E-state index in [2.05, 4.69) is 10.3 Å². The van der Waals surface area contributed by atoms with E-state index in [9.17, 15) is 4.79 Å². The summed E-state index contributed by atoms with van der Waals surface area (Å²) in [5, 5.41) is 3.85. The van der Waals surface area contributed by atoms with Gasteiger partial charge in [-0.15, -0.1) is 11.3 Å². The molecular formula is C23H24ClN3O2S. The lowest BCUT2D eigenvalue weighted by Gasteiger charge is -2.34. The summed E-state index contributed by atoms with van der Waals surface area (Å²) in [6, 6.07) is 15.2. The van der Waals surface area contributed by atoms with Crippen LogP contribution < -0.4 is 4.74 Å². The van der Waals surface area contributed by atoms with Gasteiger partial charge in [0.1, 0.15) is 10.8 Å². The molecule has 1 aromatic heterocycles. The predicted octanol–water partition coefficient (Wildman–Crippen LogP) is 4.82. The minimum Gasteiger partial charge on any atom is -0.494 e. The molecule has 0 saturated carbocycles. The van der Waals surface area contributed by atoms with Crippen molar-refractivity contribution in [2.24, 2.45) is 0 Å². The number of halogens is 1. The fourth-order valence-corrected chi connectivity index (χ4v) is 4.43. The fraction of sp³-hybridized carbons (Fsp3) is 0.304. The molecule has 0 bridgehead atoms. The number of carbonyl (C=O) groups excluding carboxylic acids is 1. The first-order chi connectivity index (χ1) is 14.6. The predicted molar refractivity (Wildman–Crippen MR) is 121 cm³/mol. The number of nitrogens with zero attached hydrogens (tertiary/aromatic N) is 3. The van der Waals surface area contributed by atoms with E-state index >= 15 is 0 Å². The second-order valence-corrected chi connectivity index (χ2v) is 8.47. The highest BCUT2D eigenvalue weighted by Gasteiger charge is 2.22. The Morgan fingerprint density at radius 1 is 1.07 bits per heavy atom. The average molecular weight is 442 g/mol. The molecule has 1 amide bonds. The molecule has 1 aliphatic heterocycles. The number of amides is 1. The van der Waals surface area contributed by atoms with Crippen molar-refractivity contribution in [2.75, 3.05) is 32.8 Å². The second-order valence-electron chi connectivity index (χ2n) is 7.18. The van der Waals surface area contributed by atoms with E-state index in [1.54, 1.807) is 11.3 Å². The summed E-state index contributed by atoms with van der Waals surface area (Å²) in [6.45, 7) is 6.50. The van der Waals surface area contributed by atoms with Gasteiger partial charge in [0.05, 0.1) is 12.3 Å². The van der Waals surface area contributed by atoms with Gasteiger partial charge in [-0.1, -0.05) is 23.7 Å². The quantitative estimate of drug-likeness (QED) is 0.550. The van der Waals surface area contributed by atoms with Crippen molar-refractivity contribution in [3.63, 3.8) is 0 Å². The SMILES string of the molecule is CCOc1ccc(C(=O)N2CCN(Cc3csc(-c4ccc(Cl)cc4)n3)CC2)cc1. The number of carbonyl (C=O) groups is 1. The number of benzene rings is 2. The molecule has 156 valence electrons. The molecule has 30 heavy (non-hydrogen) atoms. The van der Waals surface area contributed by atoms with Crippen LogP contribution in [0.25, 0.3) is 10.6 Å². The first kappa shape index (κ1) is 20.8. The monoisotopic (exact) mass is 441 g/mol. The fourth-order valence-electron chi connectivity index (χ4n) is 3.49. The van der Waals surface area contributed by atoms with Crippen LogP contribution in [0.5, 0.6) is 5.75 Å². The highest BCUT2D eigenvalue weighted by Crippen LogP contribution is 2.26. The molecule has 0 radical (unpaired) electrons. The van der Waals surface area contributed by atoms with E-state index < -0.39 is 0 Å². The standard InChI is InChI=1S/C23H24ClN3O2S/c1-2-29-21-9-5-18(6-10-21)23(28)27-13-11-26(12-14-27)15-20-16-30-22(25-20)17-3-7-19(24)8-4-17/h3-10,16H,2,11-15H2,1H3.